The van der Waals surface area contributed by atoms with Crippen LogP contribution >= 0.6 is 0 Å². The average Bonchev–Trinajstić information content (AvgIpc) is 2.89. The van der Waals surface area contributed by atoms with E-state index in [4.69, 9.17) is 10.5 Å². The van der Waals surface area contributed by atoms with Gasteiger partial charge in [0.15, 0.2) is 5.78 Å². The highest BCUT2D eigenvalue weighted by Crippen LogP contribution is 2.50. The predicted molar refractivity (Wildman–Crippen MR) is 150 cm³/mol. The van der Waals surface area contributed by atoms with Crippen LogP contribution in [0.1, 0.15) is 54.9 Å². The second-order valence-corrected chi connectivity index (χ2v) is 11.3. The van der Waals surface area contributed by atoms with E-state index in [2.05, 4.69) is 6.07 Å². The van der Waals surface area contributed by atoms with Crippen molar-refractivity contribution < 1.29 is 18.3 Å². The van der Waals surface area contributed by atoms with Crippen molar-refractivity contribution >= 4 is 11.5 Å². The molecule has 2 aliphatic rings. The van der Waals surface area contributed by atoms with Crippen molar-refractivity contribution in [1.29, 1.82) is 5.26 Å². The largest absolute Gasteiger partial charge is 0.489 e. The van der Waals surface area contributed by atoms with Gasteiger partial charge in [-0.1, -0.05) is 26.0 Å². The molecule has 2 N–H and O–H groups in total. The molecule has 0 radical (unpaired) electrons. The van der Waals surface area contributed by atoms with E-state index in [9.17, 15) is 18.8 Å². The van der Waals surface area contributed by atoms with Gasteiger partial charge in [0, 0.05) is 23.4 Å². The number of allylic oxidation sites excluding steroid dienone is 3. The van der Waals surface area contributed by atoms with Crippen molar-refractivity contribution in [3.05, 3.63) is 117 Å². The van der Waals surface area contributed by atoms with E-state index in [0.29, 0.717) is 29.9 Å². The number of carbonyl (C=O) groups excluding carboxylic acids is 1. The molecule has 1 unspecified atom stereocenters. The average molecular weight is 540 g/mol. The van der Waals surface area contributed by atoms with Crippen molar-refractivity contribution in [1.82, 2.24) is 0 Å². The molecule has 0 saturated heterocycles. The molecule has 0 aromatic heterocycles. The lowest BCUT2D eigenvalue weighted by atomic mass is 9.68. The van der Waals surface area contributed by atoms with Gasteiger partial charge >= 0.3 is 0 Å². The van der Waals surface area contributed by atoms with E-state index in [0.717, 1.165) is 28.0 Å². The number of Topliss-reactive ketones (excluding diaryl/α,β-unsaturated/α-hetero) is 1. The zero-order valence-corrected chi connectivity index (χ0v) is 23.0. The summed E-state index contributed by atoms with van der Waals surface area (Å²) in [6, 6.07) is 18.0. The van der Waals surface area contributed by atoms with Gasteiger partial charge in [-0.25, -0.2) is 8.78 Å². The highest BCUT2D eigenvalue weighted by molar-refractivity contribution is 6.01. The number of nitrogens with zero attached hydrogens (tertiary/aromatic N) is 2. The summed E-state index contributed by atoms with van der Waals surface area (Å²) in [7, 11) is 0. The molecule has 1 atom stereocenters. The Morgan fingerprint density at radius 3 is 2.25 bits per heavy atom. The van der Waals surface area contributed by atoms with E-state index < -0.39 is 5.92 Å². The van der Waals surface area contributed by atoms with Gasteiger partial charge in [0.25, 0.3) is 0 Å². The monoisotopic (exact) mass is 539 g/mol. The first kappa shape index (κ1) is 27.1. The number of hydrogen-bond donors (Lipinski definition) is 1. The minimum absolute atomic E-state index is 0.0345. The maximum atomic E-state index is 13.9. The lowest BCUT2D eigenvalue weighted by Gasteiger charge is -2.44. The summed E-state index contributed by atoms with van der Waals surface area (Å²) in [4.78, 5) is 15.6. The van der Waals surface area contributed by atoms with Crippen molar-refractivity contribution in [2.75, 3.05) is 4.90 Å². The van der Waals surface area contributed by atoms with Crippen LogP contribution in [0.25, 0.3) is 0 Å². The number of nitriles is 1. The van der Waals surface area contributed by atoms with Crippen molar-refractivity contribution in [2.24, 2.45) is 11.1 Å². The normalized spacial score (nSPS) is 18.5. The third-order valence-corrected chi connectivity index (χ3v) is 7.71. The number of aryl methyl sites for hydroxylation is 2. The predicted octanol–water partition coefficient (Wildman–Crippen LogP) is 7.10. The summed E-state index contributed by atoms with van der Waals surface area (Å²) in [5.74, 6) is -0.648. The first-order valence-electron chi connectivity index (χ1n) is 13.2. The Morgan fingerprint density at radius 2 is 1.62 bits per heavy atom. The first-order chi connectivity index (χ1) is 19.0. The Balaban J connectivity index is 1.65. The molecule has 7 heteroatoms. The first-order valence-corrected chi connectivity index (χ1v) is 13.2. The van der Waals surface area contributed by atoms with Crippen LogP contribution < -0.4 is 15.4 Å². The van der Waals surface area contributed by atoms with Gasteiger partial charge in [0.1, 0.15) is 29.8 Å². The van der Waals surface area contributed by atoms with Gasteiger partial charge in [-0.15, -0.1) is 0 Å². The van der Waals surface area contributed by atoms with Gasteiger partial charge < -0.3 is 10.5 Å². The Hall–Kier alpha value is -4.44. The second-order valence-electron chi connectivity index (χ2n) is 11.3. The molecule has 3 aromatic rings. The lowest BCUT2D eigenvalue weighted by Crippen LogP contribution is -2.42. The van der Waals surface area contributed by atoms with Gasteiger partial charge in [-0.3, -0.25) is 9.69 Å². The Morgan fingerprint density at radius 1 is 1.00 bits per heavy atom. The van der Waals surface area contributed by atoms with Crippen LogP contribution in [0, 0.1) is 42.2 Å². The zero-order chi connectivity index (χ0) is 28.8. The highest BCUT2D eigenvalue weighted by Gasteiger charge is 2.45. The number of ketones is 1. The number of benzene rings is 3. The summed E-state index contributed by atoms with van der Waals surface area (Å²) in [5.41, 5.74) is 12.2. The maximum Gasteiger partial charge on any atom is 0.162 e. The third kappa shape index (κ3) is 4.98. The number of rotatable bonds is 5. The summed E-state index contributed by atoms with van der Waals surface area (Å²) in [6.07, 6.45) is 0.899. The van der Waals surface area contributed by atoms with E-state index in [1.807, 2.05) is 39.8 Å². The molecule has 0 saturated carbocycles. The highest BCUT2D eigenvalue weighted by atomic mass is 19.1. The molecule has 0 fully saturated rings. The third-order valence-electron chi connectivity index (χ3n) is 7.71. The topological polar surface area (TPSA) is 79.4 Å². The smallest absolute Gasteiger partial charge is 0.162 e. The van der Waals surface area contributed by atoms with Gasteiger partial charge in [-0.05, 0) is 96.5 Å². The van der Waals surface area contributed by atoms with E-state index >= 15 is 0 Å². The molecule has 1 aliphatic heterocycles. The lowest BCUT2D eigenvalue weighted by molar-refractivity contribution is -0.118. The Kier molecular flexibility index (Phi) is 6.97. The Labute approximate surface area is 233 Å². The molecule has 204 valence electrons. The van der Waals surface area contributed by atoms with Crippen molar-refractivity contribution in [3.63, 3.8) is 0 Å². The number of ether oxygens (including phenoxy) is 1. The quantitative estimate of drug-likeness (QED) is 0.374. The summed E-state index contributed by atoms with van der Waals surface area (Å²) in [6.45, 7) is 8.24. The van der Waals surface area contributed by atoms with Crippen LogP contribution in [0.4, 0.5) is 14.5 Å². The second kappa shape index (κ2) is 10.3. The molecular weight excluding hydrogens is 508 g/mol. The van der Waals surface area contributed by atoms with Gasteiger partial charge in [0.05, 0.1) is 17.6 Å². The number of nitrogens with two attached hydrogens (primary N) is 1. The van der Waals surface area contributed by atoms with Crippen molar-refractivity contribution in [2.45, 2.75) is 53.1 Å². The van der Waals surface area contributed by atoms with Gasteiger partial charge in [0.2, 0.25) is 0 Å². The standard InChI is InChI=1S/C33H31F2N3O2/c1-19-13-20(2)26(14-21(19)18-40-25-11-7-23(35)8-12-25)30-27(17-36)32(37)38(24-9-5-22(34)6-10-24)28-15-33(3,4)16-29(39)31(28)30/h5-14,30H,15-16,18,37H2,1-4H3. The van der Waals surface area contributed by atoms with Gasteiger partial charge in [-0.2, -0.15) is 5.26 Å². The van der Waals surface area contributed by atoms with Crippen molar-refractivity contribution in [3.8, 4) is 11.8 Å². The molecule has 5 nitrogen and oxygen atoms in total. The van der Waals surface area contributed by atoms with E-state index in [1.54, 1.807) is 29.2 Å². The van der Waals surface area contributed by atoms with Crippen LogP contribution in [-0.2, 0) is 11.4 Å². The number of anilines is 1. The summed E-state index contributed by atoms with van der Waals surface area (Å²) < 4.78 is 33.1. The zero-order valence-electron chi connectivity index (χ0n) is 23.0. The SMILES string of the molecule is Cc1cc(C)c(C2C(C#N)=C(N)N(c3ccc(F)cc3)C3=C2C(=O)CC(C)(C)C3)cc1COc1ccc(F)cc1. The van der Waals surface area contributed by atoms with E-state index in [-0.39, 0.29) is 40.8 Å². The van der Waals surface area contributed by atoms with Crippen LogP contribution in [0.3, 0.4) is 0 Å². The molecule has 5 rings (SSSR count). The molecular formula is C33H31F2N3O2. The molecule has 1 aliphatic carbocycles. The number of hydrogen-bond acceptors (Lipinski definition) is 5. The molecule has 40 heavy (non-hydrogen) atoms. The minimum atomic E-state index is -0.648. The van der Waals surface area contributed by atoms with Crippen LogP contribution in [-0.4, -0.2) is 5.78 Å². The molecule has 1 heterocycles. The van der Waals surface area contributed by atoms with Crippen LogP contribution in [0.2, 0.25) is 0 Å². The van der Waals surface area contributed by atoms with E-state index in [1.165, 1.54) is 24.3 Å². The number of halogens is 2. The Bertz CT molecular complexity index is 1600. The van der Waals surface area contributed by atoms with Crippen LogP contribution in [0.5, 0.6) is 5.75 Å². The fourth-order valence-electron chi connectivity index (χ4n) is 5.78. The molecule has 3 aromatic carbocycles. The molecule has 0 spiro atoms. The fourth-order valence-corrected chi connectivity index (χ4v) is 5.78. The maximum absolute atomic E-state index is 13.9. The minimum Gasteiger partial charge on any atom is -0.489 e. The molecule has 0 bridgehead atoms. The number of carbonyl (C=O) groups is 1. The van der Waals surface area contributed by atoms with Crippen LogP contribution in [0.15, 0.2) is 83.3 Å². The summed E-state index contributed by atoms with van der Waals surface area (Å²) in [5, 5.41) is 10.4. The fraction of sp³-hybridized carbons (Fsp3) is 0.273. The molecule has 0 amide bonds. The summed E-state index contributed by atoms with van der Waals surface area (Å²) >= 11 is 0.